The van der Waals surface area contributed by atoms with Crippen molar-refractivity contribution < 1.29 is 19.4 Å². The van der Waals surface area contributed by atoms with Gasteiger partial charge in [-0.3, -0.25) is 9.59 Å². The van der Waals surface area contributed by atoms with Crippen molar-refractivity contribution in [3.63, 3.8) is 0 Å². The van der Waals surface area contributed by atoms with E-state index in [-0.39, 0.29) is 19.1 Å². The van der Waals surface area contributed by atoms with Crippen molar-refractivity contribution in [2.75, 3.05) is 13.2 Å². The van der Waals surface area contributed by atoms with Gasteiger partial charge < -0.3 is 14.7 Å². The molecule has 1 rings (SSSR count). The van der Waals surface area contributed by atoms with E-state index in [1.807, 2.05) is 6.92 Å². The molecule has 0 saturated heterocycles. The first-order chi connectivity index (χ1) is 9.61. The van der Waals surface area contributed by atoms with E-state index in [0.717, 1.165) is 5.56 Å². The van der Waals surface area contributed by atoms with E-state index in [1.54, 1.807) is 39.0 Å². The van der Waals surface area contributed by atoms with E-state index in [4.69, 9.17) is 21.4 Å². The number of benzene rings is 1. The number of rotatable bonds is 5. The molecule has 1 N–H and O–H groups in total. The van der Waals surface area contributed by atoms with Crippen LogP contribution >= 0.6 is 11.6 Å². The van der Waals surface area contributed by atoms with Crippen molar-refractivity contribution in [1.29, 1.82) is 0 Å². The summed E-state index contributed by atoms with van der Waals surface area (Å²) in [6.45, 7) is 6.59. The summed E-state index contributed by atoms with van der Waals surface area (Å²) in [5.41, 5.74) is 0.226. The van der Waals surface area contributed by atoms with Crippen molar-refractivity contribution in [2.45, 2.75) is 33.2 Å². The summed E-state index contributed by atoms with van der Waals surface area (Å²) in [7, 11) is 0. The Morgan fingerprint density at radius 1 is 1.33 bits per heavy atom. The molecule has 0 atom stereocenters. The topological polar surface area (TPSA) is 66.8 Å². The summed E-state index contributed by atoms with van der Waals surface area (Å²) in [5.74, 6) is -0.878. The van der Waals surface area contributed by atoms with Gasteiger partial charge in [-0.05, 0) is 51.5 Å². The first-order valence-electron chi connectivity index (χ1n) is 6.52. The van der Waals surface area contributed by atoms with E-state index in [2.05, 4.69) is 0 Å². The molecule has 1 aromatic carbocycles. The fourth-order valence-electron chi connectivity index (χ4n) is 1.83. The average molecular weight is 314 g/mol. The minimum atomic E-state index is -1.05. The highest BCUT2D eigenvalue weighted by Crippen LogP contribution is 2.22. The molecule has 0 fully saturated rings. The number of aryl methyl sites for hydroxylation is 1. The molecule has 0 aliphatic heterocycles. The number of carboxylic acid groups (broad SMARTS) is 1. The molecule has 0 aliphatic carbocycles. The van der Waals surface area contributed by atoms with Gasteiger partial charge in [0.1, 0.15) is 12.3 Å². The van der Waals surface area contributed by atoms with Crippen LogP contribution in [0.5, 0.6) is 5.75 Å². The van der Waals surface area contributed by atoms with Gasteiger partial charge in [-0.1, -0.05) is 11.6 Å². The smallest absolute Gasteiger partial charge is 0.323 e. The number of aliphatic carboxylic acids is 1. The highest BCUT2D eigenvalue weighted by molar-refractivity contribution is 6.30. The van der Waals surface area contributed by atoms with E-state index >= 15 is 0 Å². The molecule has 0 unspecified atom stereocenters. The zero-order valence-corrected chi connectivity index (χ0v) is 13.4. The molecule has 0 heterocycles. The summed E-state index contributed by atoms with van der Waals surface area (Å²) in [6.07, 6.45) is 0. The van der Waals surface area contributed by atoms with Crippen LogP contribution in [0.4, 0.5) is 0 Å². The lowest BCUT2D eigenvalue weighted by Gasteiger charge is -2.34. The van der Waals surface area contributed by atoms with Crippen molar-refractivity contribution in [1.82, 2.24) is 4.90 Å². The predicted octanol–water partition coefficient (Wildman–Crippen LogP) is 2.74. The molecular weight excluding hydrogens is 294 g/mol. The minimum Gasteiger partial charge on any atom is -0.483 e. The quantitative estimate of drug-likeness (QED) is 0.907. The zero-order chi connectivity index (χ0) is 16.2. The largest absolute Gasteiger partial charge is 0.483 e. The Balaban J connectivity index is 2.76. The molecule has 0 saturated carbocycles. The fraction of sp³-hybridized carbons (Fsp3) is 0.467. The number of halogens is 1. The van der Waals surface area contributed by atoms with Gasteiger partial charge in [-0.15, -0.1) is 0 Å². The first-order valence-corrected chi connectivity index (χ1v) is 6.90. The second kappa shape index (κ2) is 6.80. The van der Waals surface area contributed by atoms with Gasteiger partial charge in [0.05, 0.1) is 0 Å². The SMILES string of the molecule is Cc1cc(Cl)ccc1OCC(=O)N(CC(=O)O)C(C)(C)C. The number of carbonyl (C=O) groups excluding carboxylic acids is 1. The maximum Gasteiger partial charge on any atom is 0.323 e. The lowest BCUT2D eigenvalue weighted by Crippen LogP contribution is -2.50. The van der Waals surface area contributed by atoms with Crippen LogP contribution in [0.15, 0.2) is 18.2 Å². The third-order valence-electron chi connectivity index (χ3n) is 2.89. The summed E-state index contributed by atoms with van der Waals surface area (Å²) in [5, 5.41) is 9.50. The number of hydrogen-bond donors (Lipinski definition) is 1. The standard InChI is InChI=1S/C15H20ClNO4/c1-10-7-11(16)5-6-12(10)21-9-13(18)17(8-14(19)20)15(2,3)4/h5-7H,8-9H2,1-4H3,(H,19,20). The van der Waals surface area contributed by atoms with Gasteiger partial charge in [-0.25, -0.2) is 0 Å². The number of ether oxygens (including phenoxy) is 1. The molecule has 0 bridgehead atoms. The Labute approximate surface area is 129 Å². The number of carbonyl (C=O) groups is 2. The van der Waals surface area contributed by atoms with E-state index < -0.39 is 11.5 Å². The summed E-state index contributed by atoms with van der Waals surface area (Å²) in [4.78, 5) is 24.3. The normalized spacial score (nSPS) is 11.1. The summed E-state index contributed by atoms with van der Waals surface area (Å²) in [6, 6.07) is 5.09. The van der Waals surface area contributed by atoms with Crippen LogP contribution in [0.2, 0.25) is 5.02 Å². The molecule has 0 spiro atoms. The minimum absolute atomic E-state index is 0.215. The van der Waals surface area contributed by atoms with Gasteiger partial charge in [0.25, 0.3) is 5.91 Å². The third kappa shape index (κ3) is 5.27. The molecule has 5 nitrogen and oxygen atoms in total. The Morgan fingerprint density at radius 3 is 2.43 bits per heavy atom. The van der Waals surface area contributed by atoms with Crippen LogP contribution < -0.4 is 4.74 Å². The molecule has 116 valence electrons. The Kier molecular flexibility index (Phi) is 5.61. The van der Waals surface area contributed by atoms with E-state index in [0.29, 0.717) is 10.8 Å². The van der Waals surface area contributed by atoms with Crippen molar-refractivity contribution >= 4 is 23.5 Å². The number of amides is 1. The Morgan fingerprint density at radius 2 is 1.95 bits per heavy atom. The van der Waals surface area contributed by atoms with Gasteiger partial charge in [0.2, 0.25) is 0 Å². The second-order valence-electron chi connectivity index (χ2n) is 5.74. The molecule has 0 radical (unpaired) electrons. The van der Waals surface area contributed by atoms with Crippen LogP contribution in [-0.2, 0) is 9.59 Å². The lowest BCUT2D eigenvalue weighted by molar-refractivity contribution is -0.149. The lowest BCUT2D eigenvalue weighted by atomic mass is 10.1. The van der Waals surface area contributed by atoms with Crippen LogP contribution in [0, 0.1) is 6.92 Å². The first kappa shape index (κ1) is 17.3. The molecule has 6 heteroatoms. The van der Waals surface area contributed by atoms with Crippen molar-refractivity contribution in [2.24, 2.45) is 0 Å². The monoisotopic (exact) mass is 313 g/mol. The number of nitrogens with zero attached hydrogens (tertiary/aromatic N) is 1. The van der Waals surface area contributed by atoms with Gasteiger partial charge in [-0.2, -0.15) is 0 Å². The van der Waals surface area contributed by atoms with Crippen molar-refractivity contribution in [3.8, 4) is 5.75 Å². The summed E-state index contributed by atoms with van der Waals surface area (Å²) >= 11 is 5.85. The molecule has 0 aliphatic rings. The van der Waals surface area contributed by atoms with E-state index in [9.17, 15) is 9.59 Å². The molecule has 0 aromatic heterocycles. The van der Waals surface area contributed by atoms with Gasteiger partial charge >= 0.3 is 5.97 Å². The number of carboxylic acids is 1. The Hall–Kier alpha value is -1.75. The molecule has 21 heavy (non-hydrogen) atoms. The maximum atomic E-state index is 12.2. The van der Waals surface area contributed by atoms with Crippen LogP contribution in [0.1, 0.15) is 26.3 Å². The molecular formula is C15H20ClNO4. The zero-order valence-electron chi connectivity index (χ0n) is 12.6. The van der Waals surface area contributed by atoms with Crippen LogP contribution in [-0.4, -0.2) is 40.6 Å². The molecule has 1 amide bonds. The van der Waals surface area contributed by atoms with Crippen LogP contribution in [0.3, 0.4) is 0 Å². The number of hydrogen-bond acceptors (Lipinski definition) is 3. The fourth-order valence-corrected chi connectivity index (χ4v) is 2.05. The van der Waals surface area contributed by atoms with Gasteiger partial charge in [0, 0.05) is 10.6 Å². The average Bonchev–Trinajstić information content (AvgIpc) is 2.33. The Bertz CT molecular complexity index is 537. The van der Waals surface area contributed by atoms with E-state index in [1.165, 1.54) is 4.90 Å². The highest BCUT2D eigenvalue weighted by atomic mass is 35.5. The van der Waals surface area contributed by atoms with Gasteiger partial charge in [0.15, 0.2) is 6.61 Å². The predicted molar refractivity (Wildman–Crippen MR) is 80.8 cm³/mol. The van der Waals surface area contributed by atoms with Crippen LogP contribution in [0.25, 0.3) is 0 Å². The summed E-state index contributed by atoms with van der Waals surface area (Å²) < 4.78 is 5.47. The maximum absolute atomic E-state index is 12.2. The third-order valence-corrected chi connectivity index (χ3v) is 3.13. The molecule has 1 aromatic rings. The van der Waals surface area contributed by atoms with Crippen molar-refractivity contribution in [3.05, 3.63) is 28.8 Å². The second-order valence-corrected chi connectivity index (χ2v) is 6.18. The highest BCUT2D eigenvalue weighted by Gasteiger charge is 2.28.